The number of thiophene rings is 1. The first-order chi connectivity index (χ1) is 9.40. The summed E-state index contributed by atoms with van der Waals surface area (Å²) in [5, 5.41) is 6.78. The van der Waals surface area contributed by atoms with Crippen LogP contribution in [0.1, 0.15) is 22.8 Å². The smallest absolute Gasteiger partial charge is 0.0456 e. The van der Waals surface area contributed by atoms with E-state index in [2.05, 4.69) is 52.1 Å². The molecule has 0 aliphatic heterocycles. The van der Waals surface area contributed by atoms with Crippen molar-refractivity contribution in [3.63, 3.8) is 0 Å². The zero-order valence-corrected chi connectivity index (χ0v) is 11.8. The summed E-state index contributed by atoms with van der Waals surface area (Å²) in [6.45, 7) is 1.03. The van der Waals surface area contributed by atoms with Gasteiger partial charge in [0.25, 0.3) is 0 Å². The van der Waals surface area contributed by atoms with Crippen molar-refractivity contribution in [2.24, 2.45) is 0 Å². The molecule has 3 rings (SSSR count). The second kappa shape index (κ2) is 5.59. The summed E-state index contributed by atoms with van der Waals surface area (Å²) in [6, 6.07) is 13.1. The van der Waals surface area contributed by atoms with E-state index in [1.54, 1.807) is 0 Å². The molecule has 2 heterocycles. The van der Waals surface area contributed by atoms with Crippen molar-refractivity contribution in [1.29, 1.82) is 0 Å². The Balaban J connectivity index is 2.06. The molecule has 2 N–H and O–H groups in total. The number of aromatic nitrogens is 1. The number of nitrogens with one attached hydrogen (secondary N) is 2. The average molecular weight is 270 g/mol. The SMILES string of the molecule is CNCC[C@@H](c1cccs1)c1cccc2[nH]ccc12. The third kappa shape index (κ3) is 2.44. The summed E-state index contributed by atoms with van der Waals surface area (Å²) >= 11 is 1.85. The van der Waals surface area contributed by atoms with Crippen LogP contribution in [0.2, 0.25) is 0 Å². The Morgan fingerprint density at radius 3 is 2.95 bits per heavy atom. The number of benzene rings is 1. The Labute approximate surface area is 117 Å². The van der Waals surface area contributed by atoms with Crippen molar-refractivity contribution in [1.82, 2.24) is 10.3 Å². The van der Waals surface area contributed by atoms with Gasteiger partial charge in [-0.2, -0.15) is 0 Å². The molecule has 2 aromatic heterocycles. The van der Waals surface area contributed by atoms with Gasteiger partial charge >= 0.3 is 0 Å². The molecule has 0 aliphatic carbocycles. The number of rotatable bonds is 5. The molecule has 98 valence electrons. The minimum Gasteiger partial charge on any atom is -0.361 e. The molecule has 0 unspecified atom stereocenters. The highest BCUT2D eigenvalue weighted by Crippen LogP contribution is 2.34. The summed E-state index contributed by atoms with van der Waals surface area (Å²) in [6.07, 6.45) is 3.15. The quantitative estimate of drug-likeness (QED) is 0.721. The van der Waals surface area contributed by atoms with Crippen LogP contribution in [0.15, 0.2) is 48.0 Å². The fraction of sp³-hybridized carbons (Fsp3) is 0.250. The molecule has 0 saturated carbocycles. The van der Waals surface area contributed by atoms with E-state index in [9.17, 15) is 0 Å². The lowest BCUT2D eigenvalue weighted by Crippen LogP contribution is -2.12. The standard InChI is InChI=1S/C16H18N2S/c1-17-9-7-14(16-6-3-11-19-16)12-4-2-5-15-13(12)8-10-18-15/h2-6,8,10-11,14,17-18H,7,9H2,1H3/t14-/m1/s1. The Kier molecular flexibility index (Phi) is 3.67. The predicted octanol–water partition coefficient (Wildman–Crippen LogP) is 3.97. The second-order valence-corrected chi connectivity index (χ2v) is 5.73. The highest BCUT2D eigenvalue weighted by atomic mass is 32.1. The van der Waals surface area contributed by atoms with E-state index in [-0.39, 0.29) is 0 Å². The molecular weight excluding hydrogens is 252 g/mol. The van der Waals surface area contributed by atoms with Crippen LogP contribution >= 0.6 is 11.3 Å². The molecule has 0 aliphatic rings. The summed E-state index contributed by atoms with van der Waals surface area (Å²) in [7, 11) is 2.02. The van der Waals surface area contributed by atoms with Gasteiger partial charge in [0.2, 0.25) is 0 Å². The van der Waals surface area contributed by atoms with Gasteiger partial charge in [-0.05, 0) is 49.2 Å². The van der Waals surface area contributed by atoms with Crippen molar-refractivity contribution in [2.75, 3.05) is 13.6 Å². The van der Waals surface area contributed by atoms with Crippen LogP contribution in [0, 0.1) is 0 Å². The second-order valence-electron chi connectivity index (χ2n) is 4.75. The molecule has 0 amide bonds. The third-order valence-corrected chi connectivity index (χ3v) is 4.56. The lowest BCUT2D eigenvalue weighted by molar-refractivity contribution is 0.671. The number of fused-ring (bicyclic) bond motifs is 1. The summed E-state index contributed by atoms with van der Waals surface area (Å²) in [5.41, 5.74) is 2.65. The first kappa shape index (κ1) is 12.5. The van der Waals surface area contributed by atoms with Crippen LogP contribution in [0.5, 0.6) is 0 Å². The Bertz CT molecular complexity index is 640. The van der Waals surface area contributed by atoms with E-state index in [0.717, 1.165) is 13.0 Å². The maximum Gasteiger partial charge on any atom is 0.0456 e. The molecule has 1 aromatic carbocycles. The summed E-state index contributed by atoms with van der Waals surface area (Å²) in [5.74, 6) is 0.479. The highest BCUT2D eigenvalue weighted by molar-refractivity contribution is 7.10. The lowest BCUT2D eigenvalue weighted by atomic mass is 9.91. The van der Waals surface area contributed by atoms with Crippen molar-refractivity contribution < 1.29 is 0 Å². The van der Waals surface area contributed by atoms with Gasteiger partial charge in [0, 0.05) is 27.9 Å². The number of hydrogen-bond donors (Lipinski definition) is 2. The molecule has 0 saturated heterocycles. The van der Waals surface area contributed by atoms with E-state index in [1.165, 1.54) is 21.3 Å². The van der Waals surface area contributed by atoms with E-state index in [1.807, 2.05) is 24.6 Å². The van der Waals surface area contributed by atoms with Gasteiger partial charge in [-0.25, -0.2) is 0 Å². The molecule has 0 bridgehead atoms. The van der Waals surface area contributed by atoms with Crippen molar-refractivity contribution in [2.45, 2.75) is 12.3 Å². The molecule has 0 spiro atoms. The molecule has 19 heavy (non-hydrogen) atoms. The fourth-order valence-electron chi connectivity index (χ4n) is 2.64. The zero-order chi connectivity index (χ0) is 13.1. The van der Waals surface area contributed by atoms with E-state index >= 15 is 0 Å². The molecular formula is C16H18N2S. The number of aromatic amines is 1. The van der Waals surface area contributed by atoms with Gasteiger partial charge in [-0.15, -0.1) is 11.3 Å². The molecule has 0 radical (unpaired) electrons. The van der Waals surface area contributed by atoms with Crippen LogP contribution in [-0.4, -0.2) is 18.6 Å². The summed E-state index contributed by atoms with van der Waals surface area (Å²) in [4.78, 5) is 4.75. The van der Waals surface area contributed by atoms with Gasteiger partial charge in [0.05, 0.1) is 0 Å². The largest absolute Gasteiger partial charge is 0.361 e. The number of hydrogen-bond acceptors (Lipinski definition) is 2. The van der Waals surface area contributed by atoms with E-state index in [0.29, 0.717) is 5.92 Å². The van der Waals surface area contributed by atoms with E-state index in [4.69, 9.17) is 0 Å². The van der Waals surface area contributed by atoms with Crippen LogP contribution < -0.4 is 5.32 Å². The van der Waals surface area contributed by atoms with Crippen LogP contribution in [0.3, 0.4) is 0 Å². The van der Waals surface area contributed by atoms with Gasteiger partial charge in [0.1, 0.15) is 0 Å². The molecule has 1 atom stereocenters. The van der Waals surface area contributed by atoms with Gasteiger partial charge in [-0.3, -0.25) is 0 Å². The van der Waals surface area contributed by atoms with Gasteiger partial charge in [-0.1, -0.05) is 18.2 Å². The molecule has 0 fully saturated rings. The predicted molar refractivity (Wildman–Crippen MR) is 83.0 cm³/mol. The Morgan fingerprint density at radius 1 is 1.21 bits per heavy atom. The minimum atomic E-state index is 0.479. The van der Waals surface area contributed by atoms with E-state index < -0.39 is 0 Å². The maximum atomic E-state index is 3.30. The minimum absolute atomic E-state index is 0.479. The Hall–Kier alpha value is -1.58. The normalized spacial score (nSPS) is 12.9. The van der Waals surface area contributed by atoms with Crippen molar-refractivity contribution in [3.8, 4) is 0 Å². The van der Waals surface area contributed by atoms with Crippen molar-refractivity contribution in [3.05, 3.63) is 58.4 Å². The van der Waals surface area contributed by atoms with Gasteiger partial charge in [0.15, 0.2) is 0 Å². The first-order valence-electron chi connectivity index (χ1n) is 6.64. The van der Waals surface area contributed by atoms with Crippen LogP contribution in [0.25, 0.3) is 10.9 Å². The third-order valence-electron chi connectivity index (χ3n) is 3.57. The zero-order valence-electron chi connectivity index (χ0n) is 11.0. The molecule has 3 aromatic rings. The molecule has 2 nitrogen and oxygen atoms in total. The average Bonchev–Trinajstić information content (AvgIpc) is 3.10. The summed E-state index contributed by atoms with van der Waals surface area (Å²) < 4.78 is 0. The molecule has 3 heteroatoms. The lowest BCUT2D eigenvalue weighted by Gasteiger charge is -2.17. The fourth-order valence-corrected chi connectivity index (χ4v) is 3.52. The van der Waals surface area contributed by atoms with Crippen LogP contribution in [-0.2, 0) is 0 Å². The van der Waals surface area contributed by atoms with Crippen LogP contribution in [0.4, 0.5) is 0 Å². The maximum absolute atomic E-state index is 3.30. The number of H-pyrrole nitrogens is 1. The topological polar surface area (TPSA) is 27.8 Å². The highest BCUT2D eigenvalue weighted by Gasteiger charge is 2.17. The monoisotopic (exact) mass is 270 g/mol. The van der Waals surface area contributed by atoms with Gasteiger partial charge < -0.3 is 10.3 Å². The van der Waals surface area contributed by atoms with Crippen molar-refractivity contribution >= 4 is 22.2 Å². The first-order valence-corrected chi connectivity index (χ1v) is 7.52. The Morgan fingerprint density at radius 2 is 2.16 bits per heavy atom.